The predicted molar refractivity (Wildman–Crippen MR) is 91.4 cm³/mol. The third-order valence-corrected chi connectivity index (χ3v) is 3.69. The van der Waals surface area contributed by atoms with Gasteiger partial charge in [0.25, 0.3) is 0 Å². The zero-order valence-corrected chi connectivity index (χ0v) is 13.2. The summed E-state index contributed by atoms with van der Waals surface area (Å²) in [4.78, 5) is 18.5. The molecule has 6 nitrogen and oxygen atoms in total. The van der Waals surface area contributed by atoms with E-state index < -0.39 is 0 Å². The van der Waals surface area contributed by atoms with Crippen LogP contribution in [0.1, 0.15) is 0 Å². The highest BCUT2D eigenvalue weighted by atomic mass is 35.5. The van der Waals surface area contributed by atoms with Crippen molar-refractivity contribution in [3.05, 3.63) is 47.6 Å². The summed E-state index contributed by atoms with van der Waals surface area (Å²) in [5, 5.41) is 6.10. The van der Waals surface area contributed by atoms with Gasteiger partial charge in [-0.05, 0) is 36.4 Å². The van der Waals surface area contributed by atoms with Gasteiger partial charge in [-0.15, -0.1) is 0 Å². The van der Waals surface area contributed by atoms with Crippen LogP contribution in [-0.2, 0) is 4.74 Å². The maximum absolute atomic E-state index is 11.9. The van der Waals surface area contributed by atoms with Crippen molar-refractivity contribution in [3.63, 3.8) is 0 Å². The Bertz CT molecular complexity index is 655. The van der Waals surface area contributed by atoms with Crippen LogP contribution in [0.2, 0.25) is 5.02 Å². The first-order valence-electron chi connectivity index (χ1n) is 7.33. The van der Waals surface area contributed by atoms with E-state index in [2.05, 4.69) is 20.5 Å². The van der Waals surface area contributed by atoms with Crippen molar-refractivity contribution in [2.24, 2.45) is 0 Å². The number of morpholine rings is 1. The lowest BCUT2D eigenvalue weighted by Crippen LogP contribution is -2.36. The lowest BCUT2D eigenvalue weighted by Gasteiger charge is -2.27. The van der Waals surface area contributed by atoms with Crippen LogP contribution in [0, 0.1) is 0 Å². The standard InChI is InChI=1S/C16H17ClN4O2/c17-12-1-3-13(4-2-12)19-16(22)20-14-5-6-15(18-11-14)21-7-9-23-10-8-21/h1-6,11H,7-10H2,(H2,19,20,22). The smallest absolute Gasteiger partial charge is 0.323 e. The van der Waals surface area contributed by atoms with Gasteiger partial charge < -0.3 is 20.3 Å². The SMILES string of the molecule is O=C(Nc1ccc(Cl)cc1)Nc1ccc(N2CCOCC2)nc1. The molecule has 0 bridgehead atoms. The van der Waals surface area contributed by atoms with E-state index in [1.54, 1.807) is 30.5 Å². The number of nitrogens with zero attached hydrogens (tertiary/aromatic N) is 2. The van der Waals surface area contributed by atoms with Crippen molar-refractivity contribution in [1.29, 1.82) is 0 Å². The van der Waals surface area contributed by atoms with Gasteiger partial charge in [0, 0.05) is 23.8 Å². The highest BCUT2D eigenvalue weighted by Gasteiger charge is 2.12. The van der Waals surface area contributed by atoms with E-state index >= 15 is 0 Å². The average molecular weight is 333 g/mol. The van der Waals surface area contributed by atoms with E-state index in [9.17, 15) is 4.79 Å². The summed E-state index contributed by atoms with van der Waals surface area (Å²) in [5.74, 6) is 0.886. The van der Waals surface area contributed by atoms with Gasteiger partial charge in [0.15, 0.2) is 0 Å². The fourth-order valence-electron chi connectivity index (χ4n) is 2.27. The average Bonchev–Trinajstić information content (AvgIpc) is 2.58. The van der Waals surface area contributed by atoms with Crippen molar-refractivity contribution in [2.75, 3.05) is 41.8 Å². The van der Waals surface area contributed by atoms with Gasteiger partial charge in [-0.3, -0.25) is 0 Å². The first kappa shape index (κ1) is 15.6. The number of aromatic nitrogens is 1. The molecule has 1 aliphatic rings. The molecule has 0 radical (unpaired) electrons. The number of carbonyl (C=O) groups is 1. The van der Waals surface area contributed by atoms with Gasteiger partial charge in [-0.25, -0.2) is 9.78 Å². The zero-order chi connectivity index (χ0) is 16.1. The summed E-state index contributed by atoms with van der Waals surface area (Å²) in [6, 6.07) is 10.3. The quantitative estimate of drug-likeness (QED) is 0.905. The Morgan fingerprint density at radius 1 is 1.04 bits per heavy atom. The second-order valence-electron chi connectivity index (χ2n) is 5.09. The molecule has 0 unspecified atom stereocenters. The number of ether oxygens (including phenoxy) is 1. The normalized spacial score (nSPS) is 14.4. The number of hydrogen-bond donors (Lipinski definition) is 2. The summed E-state index contributed by atoms with van der Waals surface area (Å²) in [6.07, 6.45) is 1.65. The Hall–Kier alpha value is -2.31. The van der Waals surface area contributed by atoms with Crippen LogP contribution in [0.15, 0.2) is 42.6 Å². The second kappa shape index (κ2) is 7.30. The van der Waals surface area contributed by atoms with Crippen LogP contribution in [0.25, 0.3) is 0 Å². The number of urea groups is 1. The van der Waals surface area contributed by atoms with E-state index in [1.165, 1.54) is 0 Å². The summed E-state index contributed by atoms with van der Waals surface area (Å²) in [5.41, 5.74) is 1.30. The summed E-state index contributed by atoms with van der Waals surface area (Å²) < 4.78 is 5.32. The number of amides is 2. The molecule has 2 heterocycles. The minimum Gasteiger partial charge on any atom is -0.378 e. The van der Waals surface area contributed by atoms with Crippen molar-refractivity contribution < 1.29 is 9.53 Å². The molecule has 3 rings (SSSR count). The highest BCUT2D eigenvalue weighted by Crippen LogP contribution is 2.16. The minimum atomic E-state index is -0.326. The monoisotopic (exact) mass is 332 g/mol. The fourth-order valence-corrected chi connectivity index (χ4v) is 2.39. The summed E-state index contributed by atoms with van der Waals surface area (Å²) >= 11 is 5.81. The molecule has 0 saturated carbocycles. The van der Waals surface area contributed by atoms with Crippen LogP contribution in [0.5, 0.6) is 0 Å². The molecule has 2 aromatic rings. The van der Waals surface area contributed by atoms with Gasteiger partial charge in [0.2, 0.25) is 0 Å². The molecule has 2 amide bonds. The van der Waals surface area contributed by atoms with Crippen LogP contribution >= 0.6 is 11.6 Å². The fraction of sp³-hybridized carbons (Fsp3) is 0.250. The number of benzene rings is 1. The van der Waals surface area contributed by atoms with E-state index in [1.807, 2.05) is 12.1 Å². The number of halogens is 1. The number of nitrogens with one attached hydrogen (secondary N) is 2. The molecule has 120 valence electrons. The van der Waals surface area contributed by atoms with Gasteiger partial charge in [-0.1, -0.05) is 11.6 Å². The van der Waals surface area contributed by atoms with Crippen LogP contribution in [0.3, 0.4) is 0 Å². The lowest BCUT2D eigenvalue weighted by molar-refractivity contribution is 0.122. The highest BCUT2D eigenvalue weighted by molar-refractivity contribution is 6.30. The molecule has 1 aromatic carbocycles. The van der Waals surface area contributed by atoms with Crippen LogP contribution in [-0.4, -0.2) is 37.3 Å². The molecule has 7 heteroatoms. The number of carbonyl (C=O) groups excluding carboxylic acids is 1. The topological polar surface area (TPSA) is 66.5 Å². The molecule has 1 aliphatic heterocycles. The Kier molecular flexibility index (Phi) is 4.95. The predicted octanol–water partition coefficient (Wildman–Crippen LogP) is 3.22. The number of rotatable bonds is 3. The molecule has 2 N–H and O–H groups in total. The van der Waals surface area contributed by atoms with Crippen molar-refractivity contribution in [1.82, 2.24) is 4.98 Å². The molecule has 1 aromatic heterocycles. The Morgan fingerprint density at radius 2 is 1.70 bits per heavy atom. The number of hydrogen-bond acceptors (Lipinski definition) is 4. The Morgan fingerprint density at radius 3 is 2.35 bits per heavy atom. The molecular weight excluding hydrogens is 316 g/mol. The van der Waals surface area contributed by atoms with Gasteiger partial charge in [0.05, 0.1) is 25.1 Å². The van der Waals surface area contributed by atoms with Crippen LogP contribution in [0.4, 0.5) is 22.0 Å². The lowest BCUT2D eigenvalue weighted by atomic mass is 10.3. The molecule has 1 fully saturated rings. The largest absolute Gasteiger partial charge is 0.378 e. The van der Waals surface area contributed by atoms with Crippen molar-refractivity contribution in [3.8, 4) is 0 Å². The maximum Gasteiger partial charge on any atom is 0.323 e. The number of pyridine rings is 1. The van der Waals surface area contributed by atoms with Gasteiger partial charge >= 0.3 is 6.03 Å². The Balaban J connectivity index is 1.57. The number of anilines is 3. The maximum atomic E-state index is 11.9. The molecule has 23 heavy (non-hydrogen) atoms. The van der Waals surface area contributed by atoms with Crippen molar-refractivity contribution >= 4 is 34.8 Å². The van der Waals surface area contributed by atoms with E-state index in [0.29, 0.717) is 29.6 Å². The molecular formula is C16H17ClN4O2. The minimum absolute atomic E-state index is 0.326. The third-order valence-electron chi connectivity index (χ3n) is 3.44. The molecule has 0 spiro atoms. The summed E-state index contributed by atoms with van der Waals surface area (Å²) in [7, 11) is 0. The van der Waals surface area contributed by atoms with E-state index in [4.69, 9.17) is 16.3 Å². The molecule has 0 atom stereocenters. The van der Waals surface area contributed by atoms with E-state index in [0.717, 1.165) is 18.9 Å². The first-order chi connectivity index (χ1) is 11.2. The van der Waals surface area contributed by atoms with Gasteiger partial charge in [0.1, 0.15) is 5.82 Å². The van der Waals surface area contributed by atoms with Crippen molar-refractivity contribution in [2.45, 2.75) is 0 Å². The molecule has 0 aliphatic carbocycles. The second-order valence-corrected chi connectivity index (χ2v) is 5.53. The first-order valence-corrected chi connectivity index (χ1v) is 7.71. The van der Waals surface area contributed by atoms with Gasteiger partial charge in [-0.2, -0.15) is 0 Å². The zero-order valence-electron chi connectivity index (χ0n) is 12.5. The molecule has 1 saturated heterocycles. The Labute approximate surface area is 139 Å². The summed E-state index contributed by atoms with van der Waals surface area (Å²) in [6.45, 7) is 3.09. The van der Waals surface area contributed by atoms with E-state index in [-0.39, 0.29) is 6.03 Å². The van der Waals surface area contributed by atoms with Crippen LogP contribution < -0.4 is 15.5 Å². The third kappa shape index (κ3) is 4.34.